The Labute approximate surface area is 133 Å². The molecule has 2 heterocycles. The highest BCUT2D eigenvalue weighted by Crippen LogP contribution is 2.32. The third-order valence-electron chi connectivity index (χ3n) is 3.87. The van der Waals surface area contributed by atoms with Crippen LogP contribution in [0.1, 0.15) is 30.1 Å². The van der Waals surface area contributed by atoms with Gasteiger partial charge in [-0.05, 0) is 38.0 Å². The second-order valence-electron chi connectivity index (χ2n) is 5.48. The van der Waals surface area contributed by atoms with Crippen LogP contribution >= 0.6 is 0 Å². The van der Waals surface area contributed by atoms with Gasteiger partial charge in [0.2, 0.25) is 6.79 Å². The number of ether oxygens (including phenoxy) is 3. The zero-order chi connectivity index (χ0) is 16.4. The first-order valence-electron chi connectivity index (χ1n) is 7.50. The second-order valence-corrected chi connectivity index (χ2v) is 5.48. The molecule has 23 heavy (non-hydrogen) atoms. The first kappa shape index (κ1) is 15.3. The number of esters is 1. The molecule has 7 nitrogen and oxygen atoms in total. The van der Waals surface area contributed by atoms with E-state index >= 15 is 0 Å². The van der Waals surface area contributed by atoms with Crippen molar-refractivity contribution in [2.45, 2.75) is 25.9 Å². The quantitative estimate of drug-likeness (QED) is 0.470. The number of hydrogen-bond acceptors (Lipinski definition) is 6. The van der Waals surface area contributed by atoms with Crippen LogP contribution in [0.4, 0.5) is 0 Å². The largest absolute Gasteiger partial charge is 0.454 e. The van der Waals surface area contributed by atoms with Gasteiger partial charge in [0.05, 0.1) is 0 Å². The van der Waals surface area contributed by atoms with Crippen molar-refractivity contribution in [2.24, 2.45) is 0 Å². The number of carbonyl (C=O) groups excluding carboxylic acids is 3. The number of carbonyl (C=O) groups is 3. The van der Waals surface area contributed by atoms with Crippen molar-refractivity contribution in [3.05, 3.63) is 23.8 Å². The van der Waals surface area contributed by atoms with Gasteiger partial charge in [-0.15, -0.1) is 0 Å². The van der Waals surface area contributed by atoms with Crippen LogP contribution in [-0.2, 0) is 14.3 Å². The van der Waals surface area contributed by atoms with Gasteiger partial charge in [-0.2, -0.15) is 0 Å². The van der Waals surface area contributed by atoms with Gasteiger partial charge in [0.25, 0.3) is 11.7 Å². The summed E-state index contributed by atoms with van der Waals surface area (Å²) < 4.78 is 15.3. The van der Waals surface area contributed by atoms with Crippen LogP contribution in [0.25, 0.3) is 0 Å². The first-order valence-corrected chi connectivity index (χ1v) is 7.50. The Morgan fingerprint density at radius 1 is 1.13 bits per heavy atom. The number of benzene rings is 1. The van der Waals surface area contributed by atoms with E-state index in [1.54, 1.807) is 11.0 Å². The van der Waals surface area contributed by atoms with Crippen molar-refractivity contribution < 1.29 is 28.6 Å². The molecule has 1 aromatic rings. The Morgan fingerprint density at radius 2 is 1.83 bits per heavy atom. The second kappa shape index (κ2) is 6.28. The summed E-state index contributed by atoms with van der Waals surface area (Å²) in [6, 6.07) is 4.45. The molecule has 0 N–H and O–H groups in total. The average Bonchev–Trinajstić information content (AvgIpc) is 3.23. The molecule has 1 atom stereocenters. The van der Waals surface area contributed by atoms with Gasteiger partial charge in [-0.3, -0.25) is 9.59 Å². The molecule has 1 saturated heterocycles. The zero-order valence-corrected chi connectivity index (χ0v) is 12.7. The van der Waals surface area contributed by atoms with Gasteiger partial charge in [-0.25, -0.2) is 4.79 Å². The monoisotopic (exact) mass is 319 g/mol. The van der Waals surface area contributed by atoms with Gasteiger partial charge < -0.3 is 19.1 Å². The summed E-state index contributed by atoms with van der Waals surface area (Å²) in [5.41, 5.74) is 0.139. The molecule has 2 aliphatic heterocycles. The lowest BCUT2D eigenvalue weighted by Gasteiger charge is -2.20. The maximum absolute atomic E-state index is 12.1. The predicted molar refractivity (Wildman–Crippen MR) is 78.3 cm³/mol. The minimum Gasteiger partial charge on any atom is -0.454 e. The highest BCUT2D eigenvalue weighted by molar-refractivity contribution is 6.40. The lowest BCUT2D eigenvalue weighted by Crippen LogP contribution is -2.39. The van der Waals surface area contributed by atoms with E-state index in [2.05, 4.69) is 0 Å². The normalized spacial score (nSPS) is 17.0. The molecule has 7 heteroatoms. The fourth-order valence-electron chi connectivity index (χ4n) is 2.61. The summed E-state index contributed by atoms with van der Waals surface area (Å²) in [6.45, 7) is 2.89. The molecule has 122 valence electrons. The Morgan fingerprint density at radius 3 is 2.57 bits per heavy atom. The minimum atomic E-state index is -1.05. The zero-order valence-electron chi connectivity index (χ0n) is 12.7. The van der Waals surface area contributed by atoms with Crippen molar-refractivity contribution in [3.63, 3.8) is 0 Å². The fourth-order valence-corrected chi connectivity index (χ4v) is 2.61. The molecule has 0 bridgehead atoms. The van der Waals surface area contributed by atoms with Crippen LogP contribution < -0.4 is 9.47 Å². The van der Waals surface area contributed by atoms with Crippen LogP contribution in [-0.4, -0.2) is 48.5 Å². The van der Waals surface area contributed by atoms with Crippen LogP contribution in [0, 0.1) is 0 Å². The van der Waals surface area contributed by atoms with Gasteiger partial charge in [0.1, 0.15) is 0 Å². The van der Waals surface area contributed by atoms with Crippen LogP contribution in [0.15, 0.2) is 18.2 Å². The lowest BCUT2D eigenvalue weighted by molar-refractivity contribution is -0.154. The summed E-state index contributed by atoms with van der Waals surface area (Å²) >= 11 is 0. The van der Waals surface area contributed by atoms with Gasteiger partial charge in [0, 0.05) is 18.7 Å². The Kier molecular flexibility index (Phi) is 4.18. The molecule has 0 spiro atoms. The Bertz CT molecular complexity index is 650. The third-order valence-corrected chi connectivity index (χ3v) is 3.87. The number of nitrogens with zero attached hydrogens (tertiary/aromatic N) is 1. The van der Waals surface area contributed by atoms with Crippen LogP contribution in [0.5, 0.6) is 11.5 Å². The molecule has 0 radical (unpaired) electrons. The highest BCUT2D eigenvalue weighted by Gasteiger charge is 2.29. The van der Waals surface area contributed by atoms with Gasteiger partial charge >= 0.3 is 5.97 Å². The van der Waals surface area contributed by atoms with E-state index in [0.29, 0.717) is 24.6 Å². The molecular formula is C16H17NO6. The molecule has 1 aromatic carbocycles. The molecule has 3 rings (SSSR count). The Balaban J connectivity index is 1.63. The average molecular weight is 319 g/mol. The smallest absolute Gasteiger partial charge is 0.380 e. The third kappa shape index (κ3) is 3.13. The lowest BCUT2D eigenvalue weighted by atomic mass is 10.1. The van der Waals surface area contributed by atoms with Crippen molar-refractivity contribution in [1.82, 2.24) is 4.90 Å². The SMILES string of the molecule is C[C@H](OC(=O)C(=O)c1ccc2c(c1)OCO2)C(=O)N1CCCC1. The molecule has 1 amide bonds. The fraction of sp³-hybridized carbons (Fsp3) is 0.438. The van der Waals surface area contributed by atoms with Crippen LogP contribution in [0.2, 0.25) is 0 Å². The standard InChI is InChI=1S/C16H17NO6/c1-10(15(19)17-6-2-3-7-17)23-16(20)14(18)11-4-5-12-13(8-11)22-9-21-12/h4-5,8,10H,2-3,6-7,9H2,1H3/t10-/m0/s1. The maximum Gasteiger partial charge on any atom is 0.380 e. The Hall–Kier alpha value is -2.57. The highest BCUT2D eigenvalue weighted by atomic mass is 16.7. The number of hydrogen-bond donors (Lipinski definition) is 0. The number of rotatable bonds is 4. The first-order chi connectivity index (χ1) is 11.1. The van der Waals surface area contributed by atoms with Crippen molar-refractivity contribution in [3.8, 4) is 11.5 Å². The van der Waals surface area contributed by atoms with E-state index in [1.165, 1.54) is 19.1 Å². The van der Waals surface area contributed by atoms with Gasteiger partial charge in [-0.1, -0.05) is 0 Å². The summed E-state index contributed by atoms with van der Waals surface area (Å²) in [5.74, 6) is -1.21. The van der Waals surface area contributed by atoms with E-state index in [9.17, 15) is 14.4 Å². The number of ketones is 1. The van der Waals surface area contributed by atoms with E-state index in [-0.39, 0.29) is 18.3 Å². The number of amides is 1. The van der Waals surface area contributed by atoms with Crippen LogP contribution in [0.3, 0.4) is 0 Å². The van der Waals surface area contributed by atoms with Gasteiger partial charge in [0.15, 0.2) is 17.6 Å². The molecule has 0 saturated carbocycles. The van der Waals surface area contributed by atoms with Crippen molar-refractivity contribution >= 4 is 17.7 Å². The predicted octanol–water partition coefficient (Wildman–Crippen LogP) is 1.15. The van der Waals surface area contributed by atoms with E-state index in [1.807, 2.05) is 0 Å². The van der Waals surface area contributed by atoms with E-state index < -0.39 is 17.9 Å². The molecule has 2 aliphatic rings. The number of Topliss-reactive ketones (excluding diaryl/α,β-unsaturated/α-hetero) is 1. The molecule has 0 aliphatic carbocycles. The van der Waals surface area contributed by atoms with Crippen molar-refractivity contribution in [2.75, 3.05) is 19.9 Å². The molecule has 0 aromatic heterocycles. The summed E-state index contributed by atoms with van der Waals surface area (Å²) in [5, 5.41) is 0. The molecule has 0 unspecified atom stereocenters. The summed E-state index contributed by atoms with van der Waals surface area (Å²) in [4.78, 5) is 37.8. The van der Waals surface area contributed by atoms with E-state index in [4.69, 9.17) is 14.2 Å². The van der Waals surface area contributed by atoms with E-state index in [0.717, 1.165) is 12.8 Å². The topological polar surface area (TPSA) is 82.1 Å². The summed E-state index contributed by atoms with van der Waals surface area (Å²) in [7, 11) is 0. The minimum absolute atomic E-state index is 0.0821. The van der Waals surface area contributed by atoms with Crippen molar-refractivity contribution in [1.29, 1.82) is 0 Å². The maximum atomic E-state index is 12.1. The molecular weight excluding hydrogens is 302 g/mol. The number of likely N-dealkylation sites (tertiary alicyclic amines) is 1. The molecule has 1 fully saturated rings. The number of fused-ring (bicyclic) bond motifs is 1. The summed E-state index contributed by atoms with van der Waals surface area (Å²) in [6.07, 6.45) is 0.920.